The van der Waals surface area contributed by atoms with Gasteiger partial charge in [-0.25, -0.2) is 4.79 Å². The van der Waals surface area contributed by atoms with Gasteiger partial charge >= 0.3 is 5.97 Å². The molecule has 0 rings (SSSR count). The maximum Gasteiger partial charge on any atom is 0.330 e. The van der Waals surface area contributed by atoms with Crippen molar-refractivity contribution in [3.05, 3.63) is 11.6 Å². The molecule has 0 atom stereocenters. The summed E-state index contributed by atoms with van der Waals surface area (Å²) in [5.74, 6) is -2.01. The number of allylic oxidation sites excluding steroid dienone is 1. The fourth-order valence-electron chi connectivity index (χ4n) is 1.11. The van der Waals surface area contributed by atoms with Crippen molar-refractivity contribution in [2.45, 2.75) is 25.7 Å². The molecule has 5 heteroatoms. The third-order valence-corrected chi connectivity index (χ3v) is 2.17. The summed E-state index contributed by atoms with van der Waals surface area (Å²) in [5, 5.41) is 8.62. The molecule has 0 amide bonds. The molecule has 0 aromatic carbocycles. The second-order valence-electron chi connectivity index (χ2n) is 3.03. The van der Waals surface area contributed by atoms with Crippen LogP contribution in [0.1, 0.15) is 19.8 Å². The Morgan fingerprint density at radius 3 is 2.07 bits per heavy atom. The summed E-state index contributed by atoms with van der Waals surface area (Å²) in [5.41, 5.74) is 0.298. The van der Waals surface area contributed by atoms with E-state index in [4.69, 9.17) is 19.3 Å². The van der Waals surface area contributed by atoms with Crippen LogP contribution >= 0.6 is 0 Å². The van der Waals surface area contributed by atoms with Gasteiger partial charge in [0.25, 0.3) is 5.97 Å². The zero-order valence-electron chi connectivity index (χ0n) is 9.57. The number of hydrogen-bond acceptors (Lipinski definition) is 4. The third-order valence-electron chi connectivity index (χ3n) is 2.17. The molecule has 0 saturated heterocycles. The van der Waals surface area contributed by atoms with Gasteiger partial charge < -0.3 is 19.3 Å². The van der Waals surface area contributed by atoms with Crippen molar-refractivity contribution in [2.24, 2.45) is 0 Å². The number of carboxylic acid groups (broad SMARTS) is 1. The van der Waals surface area contributed by atoms with Gasteiger partial charge in [0.05, 0.1) is 0 Å². The SMILES string of the molecule is COC(CCC=C(C)C(=O)O)(OC)OC. The zero-order chi connectivity index (χ0) is 11.9. The number of ether oxygens (including phenoxy) is 3. The first kappa shape index (κ1) is 14.1. The van der Waals surface area contributed by atoms with Gasteiger partial charge in [-0.15, -0.1) is 0 Å². The van der Waals surface area contributed by atoms with Crippen molar-refractivity contribution < 1.29 is 24.1 Å². The Morgan fingerprint density at radius 2 is 1.73 bits per heavy atom. The van der Waals surface area contributed by atoms with Crippen molar-refractivity contribution in [1.29, 1.82) is 0 Å². The van der Waals surface area contributed by atoms with E-state index in [2.05, 4.69) is 0 Å². The average molecular weight is 218 g/mol. The van der Waals surface area contributed by atoms with Crippen LogP contribution in [0.3, 0.4) is 0 Å². The van der Waals surface area contributed by atoms with Gasteiger partial charge in [0.2, 0.25) is 0 Å². The lowest BCUT2D eigenvalue weighted by Gasteiger charge is -2.28. The third kappa shape index (κ3) is 4.42. The molecule has 15 heavy (non-hydrogen) atoms. The van der Waals surface area contributed by atoms with Gasteiger partial charge in [-0.1, -0.05) is 6.08 Å². The summed E-state index contributed by atoms with van der Waals surface area (Å²) in [6.07, 6.45) is 2.54. The highest BCUT2D eigenvalue weighted by Gasteiger charge is 2.28. The van der Waals surface area contributed by atoms with Crippen LogP contribution in [0.25, 0.3) is 0 Å². The van der Waals surface area contributed by atoms with Crippen LogP contribution in [0.5, 0.6) is 0 Å². The summed E-state index contributed by atoms with van der Waals surface area (Å²) in [6.45, 7) is 1.54. The van der Waals surface area contributed by atoms with E-state index >= 15 is 0 Å². The molecule has 0 spiro atoms. The first-order chi connectivity index (χ1) is 7.01. The topological polar surface area (TPSA) is 65.0 Å². The van der Waals surface area contributed by atoms with Gasteiger partial charge in [0.15, 0.2) is 0 Å². The minimum absolute atomic E-state index is 0.298. The molecule has 0 aliphatic carbocycles. The average Bonchev–Trinajstić information content (AvgIpc) is 2.24. The Kier molecular flexibility index (Phi) is 6.15. The van der Waals surface area contributed by atoms with Gasteiger partial charge in [-0.05, 0) is 13.3 Å². The molecule has 1 N–H and O–H groups in total. The summed E-state index contributed by atoms with van der Waals surface area (Å²) < 4.78 is 15.2. The van der Waals surface area contributed by atoms with Gasteiger partial charge in [-0.3, -0.25) is 0 Å². The van der Waals surface area contributed by atoms with Crippen molar-refractivity contribution in [1.82, 2.24) is 0 Å². The highest BCUT2D eigenvalue weighted by molar-refractivity contribution is 5.85. The molecule has 88 valence electrons. The maximum absolute atomic E-state index is 10.5. The summed E-state index contributed by atoms with van der Waals surface area (Å²) in [6, 6.07) is 0. The standard InChI is InChI=1S/C10H18O5/c1-8(9(11)12)6-5-7-10(13-2,14-3)15-4/h6H,5,7H2,1-4H3,(H,11,12). The molecule has 0 aliphatic heterocycles. The lowest BCUT2D eigenvalue weighted by Crippen LogP contribution is -2.35. The highest BCUT2D eigenvalue weighted by Crippen LogP contribution is 2.19. The van der Waals surface area contributed by atoms with E-state index in [-0.39, 0.29) is 0 Å². The molecule has 5 nitrogen and oxygen atoms in total. The number of carbonyl (C=O) groups is 1. The first-order valence-electron chi connectivity index (χ1n) is 4.57. The summed E-state index contributed by atoms with van der Waals surface area (Å²) >= 11 is 0. The van der Waals surface area contributed by atoms with E-state index in [1.54, 1.807) is 6.08 Å². The molecule has 0 heterocycles. The monoisotopic (exact) mass is 218 g/mol. The van der Waals surface area contributed by atoms with Crippen LogP contribution in [0.2, 0.25) is 0 Å². The Morgan fingerprint density at radius 1 is 1.27 bits per heavy atom. The van der Waals surface area contributed by atoms with E-state index < -0.39 is 11.9 Å². The minimum atomic E-state index is -1.09. The van der Waals surface area contributed by atoms with Crippen LogP contribution in [0.15, 0.2) is 11.6 Å². The molecule has 0 radical (unpaired) electrons. The maximum atomic E-state index is 10.5. The van der Waals surface area contributed by atoms with E-state index in [1.807, 2.05) is 0 Å². The Bertz CT molecular complexity index is 222. The normalized spacial score (nSPS) is 12.9. The van der Waals surface area contributed by atoms with E-state index in [0.29, 0.717) is 18.4 Å². The second kappa shape index (κ2) is 6.55. The summed E-state index contributed by atoms with van der Waals surface area (Å²) in [7, 11) is 4.42. The van der Waals surface area contributed by atoms with Crippen LogP contribution in [0, 0.1) is 0 Å². The number of methoxy groups -OCH3 is 3. The molecule has 0 aliphatic rings. The fourth-order valence-corrected chi connectivity index (χ4v) is 1.11. The van der Waals surface area contributed by atoms with Crippen LogP contribution in [-0.2, 0) is 19.0 Å². The molecular formula is C10H18O5. The Labute approximate surface area is 89.6 Å². The smallest absolute Gasteiger partial charge is 0.330 e. The van der Waals surface area contributed by atoms with E-state index in [1.165, 1.54) is 28.3 Å². The number of aliphatic carboxylic acids is 1. The largest absolute Gasteiger partial charge is 0.478 e. The molecule has 0 fully saturated rings. The van der Waals surface area contributed by atoms with Crippen molar-refractivity contribution in [2.75, 3.05) is 21.3 Å². The molecular weight excluding hydrogens is 200 g/mol. The molecule has 0 unspecified atom stereocenters. The predicted molar refractivity (Wildman–Crippen MR) is 54.4 cm³/mol. The Hall–Kier alpha value is -0.910. The quantitative estimate of drug-likeness (QED) is 0.516. The first-order valence-corrected chi connectivity index (χ1v) is 4.57. The van der Waals surface area contributed by atoms with Crippen molar-refractivity contribution in [3.63, 3.8) is 0 Å². The number of rotatable bonds is 7. The molecule has 0 saturated carbocycles. The van der Waals surface area contributed by atoms with E-state index in [0.717, 1.165) is 0 Å². The zero-order valence-corrected chi connectivity index (χ0v) is 9.57. The molecule has 0 aromatic heterocycles. The van der Waals surface area contributed by atoms with Gasteiger partial charge in [0, 0.05) is 33.3 Å². The Balaban J connectivity index is 4.23. The van der Waals surface area contributed by atoms with Crippen LogP contribution in [0.4, 0.5) is 0 Å². The van der Waals surface area contributed by atoms with Gasteiger partial charge in [-0.2, -0.15) is 0 Å². The molecule has 0 bridgehead atoms. The highest BCUT2D eigenvalue weighted by atomic mass is 16.9. The minimum Gasteiger partial charge on any atom is -0.478 e. The fraction of sp³-hybridized carbons (Fsp3) is 0.700. The molecule has 0 aromatic rings. The summed E-state index contributed by atoms with van der Waals surface area (Å²) in [4.78, 5) is 10.5. The van der Waals surface area contributed by atoms with Crippen LogP contribution in [-0.4, -0.2) is 38.4 Å². The van der Waals surface area contributed by atoms with Crippen molar-refractivity contribution in [3.8, 4) is 0 Å². The van der Waals surface area contributed by atoms with Crippen molar-refractivity contribution >= 4 is 5.97 Å². The second-order valence-corrected chi connectivity index (χ2v) is 3.03. The predicted octanol–water partition coefficient (Wildman–Crippen LogP) is 1.39. The van der Waals surface area contributed by atoms with E-state index in [9.17, 15) is 4.79 Å². The van der Waals surface area contributed by atoms with Crippen LogP contribution < -0.4 is 0 Å². The number of hydrogen-bond donors (Lipinski definition) is 1. The lowest BCUT2D eigenvalue weighted by molar-refractivity contribution is -0.354. The number of carboxylic acids is 1. The van der Waals surface area contributed by atoms with Gasteiger partial charge in [0.1, 0.15) is 0 Å². The lowest BCUT2D eigenvalue weighted by atomic mass is 10.2.